The van der Waals surface area contributed by atoms with E-state index in [9.17, 15) is 0 Å². The van der Waals surface area contributed by atoms with E-state index in [4.69, 9.17) is 4.74 Å². The monoisotopic (exact) mass is 437 g/mol. The lowest BCUT2D eigenvalue weighted by Crippen LogP contribution is -2.43. The van der Waals surface area contributed by atoms with Crippen LogP contribution in [0, 0.1) is 0 Å². The fourth-order valence-electron chi connectivity index (χ4n) is 3.63. The van der Waals surface area contributed by atoms with E-state index in [1.165, 1.54) is 16.3 Å². The second kappa shape index (κ2) is 8.76. The van der Waals surface area contributed by atoms with E-state index >= 15 is 0 Å². The van der Waals surface area contributed by atoms with Crippen LogP contribution in [-0.2, 0) is 6.54 Å². The fraction of sp³-hybridized carbons (Fsp3) is 0.261. The van der Waals surface area contributed by atoms with Crippen molar-refractivity contribution in [1.29, 1.82) is 0 Å². The van der Waals surface area contributed by atoms with Gasteiger partial charge in [-0.15, -0.1) is 0 Å². The van der Waals surface area contributed by atoms with Gasteiger partial charge in [-0.05, 0) is 34.5 Å². The number of benzene rings is 3. The van der Waals surface area contributed by atoms with E-state index in [2.05, 4.69) is 73.4 Å². The Bertz CT molecular complexity index is 975. The molecular formula is C23H24BrN3O. The molecule has 3 aromatic carbocycles. The van der Waals surface area contributed by atoms with Crippen LogP contribution < -0.4 is 4.74 Å². The minimum absolute atomic E-state index is 0.835. The summed E-state index contributed by atoms with van der Waals surface area (Å²) in [6.07, 6.45) is 1.89. The maximum atomic E-state index is 5.42. The largest absolute Gasteiger partial charge is 0.496 e. The molecule has 1 aliphatic heterocycles. The number of nitrogens with zero attached hydrogens (tertiary/aromatic N) is 3. The molecule has 144 valence electrons. The summed E-state index contributed by atoms with van der Waals surface area (Å²) < 4.78 is 6.44. The maximum Gasteiger partial charge on any atom is 0.127 e. The van der Waals surface area contributed by atoms with Crippen LogP contribution in [0.5, 0.6) is 5.75 Å². The summed E-state index contributed by atoms with van der Waals surface area (Å²) in [5.41, 5.74) is 2.38. The Hall–Kier alpha value is -2.37. The molecule has 28 heavy (non-hydrogen) atoms. The van der Waals surface area contributed by atoms with Crippen molar-refractivity contribution in [3.8, 4) is 5.75 Å². The van der Waals surface area contributed by atoms with Crippen molar-refractivity contribution in [2.45, 2.75) is 6.54 Å². The highest BCUT2D eigenvalue weighted by Crippen LogP contribution is 2.22. The van der Waals surface area contributed by atoms with E-state index < -0.39 is 0 Å². The fourth-order valence-corrected chi connectivity index (χ4v) is 4.01. The Labute approximate surface area is 174 Å². The second-order valence-electron chi connectivity index (χ2n) is 7.00. The molecule has 5 heteroatoms. The van der Waals surface area contributed by atoms with E-state index in [0.717, 1.165) is 48.5 Å². The third-order valence-electron chi connectivity index (χ3n) is 5.17. The normalized spacial score (nSPS) is 15.4. The second-order valence-corrected chi connectivity index (χ2v) is 7.91. The lowest BCUT2D eigenvalue weighted by Gasteiger charge is -2.33. The van der Waals surface area contributed by atoms with Crippen molar-refractivity contribution in [3.63, 3.8) is 0 Å². The van der Waals surface area contributed by atoms with Gasteiger partial charge in [0.2, 0.25) is 0 Å². The molecule has 1 fully saturated rings. The lowest BCUT2D eigenvalue weighted by molar-refractivity contribution is 0.131. The molecule has 0 atom stereocenters. The Kier molecular flexibility index (Phi) is 5.93. The average molecular weight is 438 g/mol. The number of hydrazone groups is 1. The Morgan fingerprint density at radius 1 is 1.00 bits per heavy atom. The van der Waals surface area contributed by atoms with Crippen molar-refractivity contribution in [2.75, 3.05) is 33.3 Å². The van der Waals surface area contributed by atoms with Crippen LogP contribution >= 0.6 is 15.9 Å². The summed E-state index contributed by atoms with van der Waals surface area (Å²) in [7, 11) is 1.69. The first-order valence-corrected chi connectivity index (χ1v) is 10.3. The zero-order chi connectivity index (χ0) is 19.3. The highest BCUT2D eigenvalue weighted by molar-refractivity contribution is 9.10. The van der Waals surface area contributed by atoms with Crippen molar-refractivity contribution in [3.05, 3.63) is 76.3 Å². The molecule has 0 unspecified atom stereocenters. The summed E-state index contributed by atoms with van der Waals surface area (Å²) in [5, 5.41) is 9.48. The standard InChI is InChI=1S/C23H24BrN3O/c1-28-23-10-9-21(24)15-20(23)16-25-27-13-11-26(12-14-27)17-19-7-4-6-18-5-2-3-8-22(18)19/h2-10,15-16H,11-14,17H2,1H3/b25-16+. The van der Waals surface area contributed by atoms with Crippen LogP contribution in [0.25, 0.3) is 10.8 Å². The maximum absolute atomic E-state index is 5.42. The Morgan fingerprint density at radius 2 is 1.79 bits per heavy atom. The van der Waals surface area contributed by atoms with Crippen LogP contribution in [-0.4, -0.2) is 49.4 Å². The van der Waals surface area contributed by atoms with E-state index in [1.807, 2.05) is 24.4 Å². The number of hydrogen-bond donors (Lipinski definition) is 0. The molecule has 0 amide bonds. The van der Waals surface area contributed by atoms with Gasteiger partial charge in [-0.3, -0.25) is 9.91 Å². The zero-order valence-corrected chi connectivity index (χ0v) is 17.6. The summed E-state index contributed by atoms with van der Waals surface area (Å²) in [6.45, 7) is 4.86. The summed E-state index contributed by atoms with van der Waals surface area (Å²) in [6, 6.07) is 21.2. The lowest BCUT2D eigenvalue weighted by atomic mass is 10.0. The molecular weight excluding hydrogens is 414 g/mol. The topological polar surface area (TPSA) is 28.1 Å². The predicted molar refractivity (Wildman–Crippen MR) is 119 cm³/mol. The minimum Gasteiger partial charge on any atom is -0.496 e. The summed E-state index contributed by atoms with van der Waals surface area (Å²) in [4.78, 5) is 2.51. The van der Waals surface area contributed by atoms with Crippen LogP contribution in [0.1, 0.15) is 11.1 Å². The first-order valence-electron chi connectivity index (χ1n) is 9.54. The van der Waals surface area contributed by atoms with Gasteiger partial charge in [0.05, 0.1) is 13.3 Å². The van der Waals surface area contributed by atoms with Crippen LogP contribution in [0.3, 0.4) is 0 Å². The summed E-state index contributed by atoms with van der Waals surface area (Å²) in [5.74, 6) is 0.835. The molecule has 4 rings (SSSR count). The average Bonchev–Trinajstić information content (AvgIpc) is 2.74. The van der Waals surface area contributed by atoms with Gasteiger partial charge in [-0.1, -0.05) is 58.4 Å². The third-order valence-corrected chi connectivity index (χ3v) is 5.67. The van der Waals surface area contributed by atoms with Gasteiger partial charge in [0.15, 0.2) is 0 Å². The van der Waals surface area contributed by atoms with Crippen molar-refractivity contribution in [2.24, 2.45) is 5.10 Å². The number of methoxy groups -OCH3 is 1. The van der Waals surface area contributed by atoms with Crippen molar-refractivity contribution in [1.82, 2.24) is 9.91 Å². The minimum atomic E-state index is 0.835. The molecule has 1 heterocycles. The van der Waals surface area contributed by atoms with Gasteiger partial charge in [0, 0.05) is 42.8 Å². The van der Waals surface area contributed by atoms with Gasteiger partial charge < -0.3 is 4.74 Å². The van der Waals surface area contributed by atoms with Crippen molar-refractivity contribution < 1.29 is 4.74 Å². The third kappa shape index (κ3) is 4.37. The Morgan fingerprint density at radius 3 is 2.61 bits per heavy atom. The number of piperazine rings is 1. The van der Waals surface area contributed by atoms with Crippen LogP contribution in [0.2, 0.25) is 0 Å². The molecule has 1 aliphatic rings. The van der Waals surface area contributed by atoms with Gasteiger partial charge in [0.1, 0.15) is 5.75 Å². The molecule has 0 aliphatic carbocycles. The number of hydrogen-bond acceptors (Lipinski definition) is 4. The SMILES string of the molecule is COc1ccc(Br)cc1/C=N/N1CCN(Cc2cccc3ccccc23)CC1. The molecule has 4 nitrogen and oxygen atoms in total. The summed E-state index contributed by atoms with van der Waals surface area (Å²) >= 11 is 3.51. The smallest absolute Gasteiger partial charge is 0.127 e. The first-order chi connectivity index (χ1) is 13.7. The molecule has 0 aromatic heterocycles. The highest BCUT2D eigenvalue weighted by atomic mass is 79.9. The van der Waals surface area contributed by atoms with Crippen molar-refractivity contribution >= 4 is 32.9 Å². The van der Waals surface area contributed by atoms with Crippen LogP contribution in [0.15, 0.2) is 70.2 Å². The van der Waals surface area contributed by atoms with E-state index in [1.54, 1.807) is 7.11 Å². The highest BCUT2D eigenvalue weighted by Gasteiger charge is 2.16. The molecule has 0 spiro atoms. The first kappa shape index (κ1) is 19.0. The zero-order valence-electron chi connectivity index (χ0n) is 16.0. The molecule has 0 saturated carbocycles. The predicted octanol–water partition coefficient (Wildman–Crippen LogP) is 4.76. The Balaban J connectivity index is 1.38. The van der Waals surface area contributed by atoms with Gasteiger partial charge in [0.25, 0.3) is 0 Å². The van der Waals surface area contributed by atoms with E-state index in [0.29, 0.717) is 0 Å². The van der Waals surface area contributed by atoms with Gasteiger partial charge in [-0.2, -0.15) is 5.10 Å². The van der Waals surface area contributed by atoms with Gasteiger partial charge in [-0.25, -0.2) is 0 Å². The number of fused-ring (bicyclic) bond motifs is 1. The molecule has 0 bridgehead atoms. The molecule has 3 aromatic rings. The van der Waals surface area contributed by atoms with Gasteiger partial charge >= 0.3 is 0 Å². The van der Waals surface area contributed by atoms with E-state index in [-0.39, 0.29) is 0 Å². The number of rotatable bonds is 5. The quantitative estimate of drug-likeness (QED) is 0.538. The number of ether oxygens (including phenoxy) is 1. The van der Waals surface area contributed by atoms with Crippen LogP contribution in [0.4, 0.5) is 0 Å². The number of halogens is 1. The molecule has 0 radical (unpaired) electrons. The molecule has 0 N–H and O–H groups in total. The molecule has 1 saturated heterocycles.